The molecule has 2 saturated heterocycles. The molecule has 0 spiro atoms. The Morgan fingerprint density at radius 1 is 1.26 bits per heavy atom. The number of guanidine groups is 1. The maximum atomic E-state index is 12.7. The first-order valence-corrected chi connectivity index (χ1v) is 11.1. The van der Waals surface area contributed by atoms with Gasteiger partial charge in [0.25, 0.3) is 0 Å². The van der Waals surface area contributed by atoms with E-state index in [9.17, 15) is 9.90 Å². The standard InChI is InChI=1S/C23H36N4O4/c1-6-24-21(25-14-15-11-19(30-5)9-10-20(15)28)26-16-12-17-7-8-18(13-16)27(17)22(29)31-23(2,3)4/h9-11,16-18,28H,6-8,12-14H2,1-5H3,(H2,24,25,26). The van der Waals surface area contributed by atoms with Crippen LogP contribution in [0, 0.1) is 0 Å². The molecular weight excluding hydrogens is 396 g/mol. The third-order valence-electron chi connectivity index (χ3n) is 5.72. The van der Waals surface area contributed by atoms with Crippen molar-refractivity contribution in [3.8, 4) is 11.5 Å². The Hall–Kier alpha value is -2.64. The van der Waals surface area contributed by atoms with Crippen LogP contribution in [0.25, 0.3) is 0 Å². The molecule has 8 nitrogen and oxygen atoms in total. The van der Waals surface area contributed by atoms with E-state index in [1.54, 1.807) is 25.3 Å². The Balaban J connectivity index is 1.64. The zero-order valence-electron chi connectivity index (χ0n) is 19.3. The lowest BCUT2D eigenvalue weighted by Gasteiger charge is -2.40. The zero-order chi connectivity index (χ0) is 22.6. The van der Waals surface area contributed by atoms with Crippen molar-refractivity contribution in [3.63, 3.8) is 0 Å². The van der Waals surface area contributed by atoms with Crippen LogP contribution in [0.2, 0.25) is 0 Å². The molecule has 2 aliphatic rings. The Labute approximate surface area is 185 Å². The van der Waals surface area contributed by atoms with E-state index in [0.717, 1.165) is 32.2 Å². The molecule has 2 fully saturated rings. The first kappa shape index (κ1) is 23.0. The van der Waals surface area contributed by atoms with Gasteiger partial charge in [-0.15, -0.1) is 0 Å². The third kappa shape index (κ3) is 5.95. The summed E-state index contributed by atoms with van der Waals surface area (Å²) in [6.07, 6.45) is 3.54. The average Bonchev–Trinajstić information content (AvgIpc) is 2.97. The molecule has 1 amide bonds. The molecule has 3 N–H and O–H groups in total. The quantitative estimate of drug-likeness (QED) is 0.488. The summed E-state index contributed by atoms with van der Waals surface area (Å²) in [5.74, 6) is 1.59. The molecule has 2 atom stereocenters. The maximum Gasteiger partial charge on any atom is 0.410 e. The molecule has 8 heteroatoms. The first-order valence-electron chi connectivity index (χ1n) is 11.1. The van der Waals surface area contributed by atoms with E-state index in [2.05, 4.69) is 15.6 Å². The molecule has 0 aromatic heterocycles. The van der Waals surface area contributed by atoms with Gasteiger partial charge in [0.2, 0.25) is 0 Å². The van der Waals surface area contributed by atoms with Crippen molar-refractivity contribution < 1.29 is 19.4 Å². The van der Waals surface area contributed by atoms with Gasteiger partial charge in [-0.3, -0.25) is 0 Å². The van der Waals surface area contributed by atoms with Crippen molar-refractivity contribution in [3.05, 3.63) is 23.8 Å². The summed E-state index contributed by atoms with van der Waals surface area (Å²) in [6, 6.07) is 5.75. The molecule has 2 aliphatic heterocycles. The number of ether oxygens (including phenoxy) is 2. The number of nitrogens with zero attached hydrogens (tertiary/aromatic N) is 2. The number of amides is 1. The number of phenolic OH excluding ortho intramolecular Hbond substituents is 1. The molecule has 172 valence electrons. The fraction of sp³-hybridized carbons (Fsp3) is 0.652. The second kappa shape index (κ2) is 9.66. The predicted octanol–water partition coefficient (Wildman–Crippen LogP) is 3.39. The molecular formula is C23H36N4O4. The Kier molecular flexibility index (Phi) is 7.18. The van der Waals surface area contributed by atoms with Crippen LogP contribution in [0.1, 0.15) is 58.9 Å². The minimum Gasteiger partial charge on any atom is -0.508 e. The molecule has 2 bridgehead atoms. The molecule has 2 unspecified atom stereocenters. The van der Waals surface area contributed by atoms with E-state index >= 15 is 0 Å². The minimum atomic E-state index is -0.484. The van der Waals surface area contributed by atoms with E-state index < -0.39 is 5.60 Å². The van der Waals surface area contributed by atoms with Crippen LogP contribution >= 0.6 is 0 Å². The number of hydrogen-bond donors (Lipinski definition) is 3. The highest BCUT2D eigenvalue weighted by Gasteiger charge is 2.45. The van der Waals surface area contributed by atoms with Gasteiger partial charge in [-0.1, -0.05) is 0 Å². The van der Waals surface area contributed by atoms with Gasteiger partial charge in [-0.2, -0.15) is 0 Å². The number of nitrogens with one attached hydrogen (secondary N) is 2. The van der Waals surface area contributed by atoms with E-state index in [1.807, 2.05) is 32.6 Å². The molecule has 31 heavy (non-hydrogen) atoms. The van der Waals surface area contributed by atoms with E-state index in [1.165, 1.54) is 0 Å². The van der Waals surface area contributed by atoms with Crippen molar-refractivity contribution in [2.45, 2.75) is 83.6 Å². The third-order valence-corrected chi connectivity index (χ3v) is 5.72. The van der Waals surface area contributed by atoms with E-state index in [0.29, 0.717) is 23.8 Å². The van der Waals surface area contributed by atoms with Gasteiger partial charge in [0.15, 0.2) is 5.96 Å². The number of aliphatic imine (C=N–C) groups is 1. The molecule has 2 heterocycles. The molecule has 0 aliphatic carbocycles. The van der Waals surface area contributed by atoms with Gasteiger partial charge in [-0.25, -0.2) is 9.79 Å². The lowest BCUT2D eigenvalue weighted by molar-refractivity contribution is 0.00545. The van der Waals surface area contributed by atoms with Crippen molar-refractivity contribution in [1.29, 1.82) is 0 Å². The smallest absolute Gasteiger partial charge is 0.410 e. The number of rotatable bonds is 5. The number of methoxy groups -OCH3 is 1. The Morgan fingerprint density at radius 3 is 2.52 bits per heavy atom. The van der Waals surface area contributed by atoms with Crippen molar-refractivity contribution >= 4 is 12.1 Å². The number of piperidine rings is 1. The van der Waals surface area contributed by atoms with Crippen molar-refractivity contribution in [2.75, 3.05) is 13.7 Å². The summed E-state index contributed by atoms with van der Waals surface area (Å²) in [7, 11) is 1.60. The van der Waals surface area contributed by atoms with E-state index in [4.69, 9.17) is 9.47 Å². The summed E-state index contributed by atoms with van der Waals surface area (Å²) in [6.45, 7) is 8.80. The van der Waals surface area contributed by atoms with Crippen molar-refractivity contribution in [2.24, 2.45) is 4.99 Å². The van der Waals surface area contributed by atoms with Gasteiger partial charge >= 0.3 is 6.09 Å². The SMILES string of the molecule is CCNC(=NCc1cc(OC)ccc1O)NC1CC2CCC(C1)N2C(=O)OC(C)(C)C. The van der Waals surface area contributed by atoms with Gasteiger partial charge in [0.05, 0.1) is 13.7 Å². The van der Waals surface area contributed by atoms with Gasteiger partial charge in [0, 0.05) is 30.2 Å². The molecule has 3 rings (SSSR count). The van der Waals surface area contributed by atoms with Crippen LogP contribution in [0.5, 0.6) is 11.5 Å². The van der Waals surface area contributed by atoms with Crippen LogP contribution in [0.4, 0.5) is 4.79 Å². The predicted molar refractivity (Wildman–Crippen MR) is 121 cm³/mol. The van der Waals surface area contributed by atoms with Crippen molar-refractivity contribution in [1.82, 2.24) is 15.5 Å². The summed E-state index contributed by atoms with van der Waals surface area (Å²) in [5, 5.41) is 16.9. The van der Waals surface area contributed by atoms with Crippen LogP contribution in [0.15, 0.2) is 23.2 Å². The second-order valence-corrected chi connectivity index (χ2v) is 9.28. The number of carbonyl (C=O) groups is 1. The number of carbonyl (C=O) groups excluding carboxylic acids is 1. The Morgan fingerprint density at radius 2 is 1.94 bits per heavy atom. The lowest BCUT2D eigenvalue weighted by Crippen LogP contribution is -2.55. The normalized spacial score (nSPS) is 23.5. The number of benzene rings is 1. The highest BCUT2D eigenvalue weighted by atomic mass is 16.6. The molecule has 0 saturated carbocycles. The number of aromatic hydroxyl groups is 1. The van der Waals surface area contributed by atoms with Crippen LogP contribution < -0.4 is 15.4 Å². The highest BCUT2D eigenvalue weighted by Crippen LogP contribution is 2.36. The Bertz CT molecular complexity index is 791. The van der Waals surface area contributed by atoms with Gasteiger partial charge < -0.3 is 30.1 Å². The largest absolute Gasteiger partial charge is 0.508 e. The zero-order valence-corrected chi connectivity index (χ0v) is 19.3. The molecule has 1 aromatic rings. The monoisotopic (exact) mass is 432 g/mol. The fourth-order valence-corrected chi connectivity index (χ4v) is 4.40. The van der Waals surface area contributed by atoms with Gasteiger partial charge in [-0.05, 0) is 71.6 Å². The number of hydrogen-bond acceptors (Lipinski definition) is 5. The van der Waals surface area contributed by atoms with E-state index in [-0.39, 0.29) is 30.0 Å². The van der Waals surface area contributed by atoms with Crippen LogP contribution in [-0.4, -0.2) is 59.4 Å². The summed E-state index contributed by atoms with van der Waals surface area (Å²) in [4.78, 5) is 19.3. The van der Waals surface area contributed by atoms with Crippen LogP contribution in [-0.2, 0) is 11.3 Å². The minimum absolute atomic E-state index is 0.191. The van der Waals surface area contributed by atoms with Gasteiger partial charge in [0.1, 0.15) is 17.1 Å². The number of fused-ring (bicyclic) bond motifs is 2. The second-order valence-electron chi connectivity index (χ2n) is 9.28. The highest BCUT2D eigenvalue weighted by molar-refractivity contribution is 5.80. The number of phenols is 1. The van der Waals surface area contributed by atoms with Crippen LogP contribution in [0.3, 0.4) is 0 Å². The average molecular weight is 433 g/mol. The first-order chi connectivity index (χ1) is 14.7. The lowest BCUT2D eigenvalue weighted by atomic mass is 9.98. The molecule has 0 radical (unpaired) electrons. The summed E-state index contributed by atoms with van der Waals surface area (Å²) < 4.78 is 10.9. The summed E-state index contributed by atoms with van der Waals surface area (Å²) >= 11 is 0. The fourth-order valence-electron chi connectivity index (χ4n) is 4.40. The molecule has 1 aromatic carbocycles. The maximum absolute atomic E-state index is 12.7. The topological polar surface area (TPSA) is 95.4 Å². The summed E-state index contributed by atoms with van der Waals surface area (Å²) in [5.41, 5.74) is 0.221.